The first-order valence-electron chi connectivity index (χ1n) is 35.5. The molecule has 0 spiro atoms. The highest BCUT2D eigenvalue weighted by Gasteiger charge is 2.20. The number of aromatic amines is 1. The van der Waals surface area contributed by atoms with E-state index in [1.165, 1.54) is 81.9 Å². The maximum atomic E-state index is 5.95. The van der Waals surface area contributed by atoms with E-state index in [4.69, 9.17) is 41.5 Å². The molecule has 11 heteroatoms. The van der Waals surface area contributed by atoms with Crippen LogP contribution in [0.5, 0.6) is 0 Å². The molecule has 1 N–H and O–H groups in total. The number of benzene rings is 14. The lowest BCUT2D eigenvalue weighted by Gasteiger charge is -2.11. The van der Waals surface area contributed by atoms with Gasteiger partial charge in [0.25, 0.3) is 0 Å². The van der Waals surface area contributed by atoms with Gasteiger partial charge in [-0.05, 0) is 115 Å². The van der Waals surface area contributed by atoms with Crippen molar-refractivity contribution in [3.05, 3.63) is 382 Å². The molecule has 0 radical (unpaired) electrons. The fourth-order valence-electron chi connectivity index (χ4n) is 14.1. The van der Waals surface area contributed by atoms with Crippen molar-refractivity contribution < 1.29 is 0 Å². The Kier molecular flexibility index (Phi) is 17.5. The Morgan fingerprint density at radius 2 is 0.570 bits per heavy atom. The number of halogens is 1. The molecule has 0 bridgehead atoms. The van der Waals surface area contributed by atoms with Crippen molar-refractivity contribution in [1.29, 1.82) is 0 Å². The van der Waals surface area contributed by atoms with Crippen LogP contribution in [0.2, 0.25) is 5.15 Å². The molecule has 0 aliphatic rings. The molecule has 20 rings (SSSR count). The molecule has 20 aromatic rings. The number of fused-ring (bicyclic) bond motifs is 10. The van der Waals surface area contributed by atoms with Crippen LogP contribution in [0.3, 0.4) is 0 Å². The van der Waals surface area contributed by atoms with Crippen molar-refractivity contribution in [3.63, 3.8) is 0 Å². The minimum absolute atomic E-state index is 0.429. The third-order valence-electron chi connectivity index (χ3n) is 19.4. The zero-order valence-electron chi connectivity index (χ0n) is 57.7. The Hall–Kier alpha value is -14.2. The normalized spacial score (nSPS) is 11.2. The van der Waals surface area contributed by atoms with Crippen molar-refractivity contribution in [2.24, 2.45) is 0 Å². The number of hydrogen-bond donors (Lipinski definition) is 1. The topological polar surface area (TPSA) is 124 Å². The molecular formula is C96H63ClN10. The van der Waals surface area contributed by atoms with Gasteiger partial charge in [0.1, 0.15) is 11.0 Å². The summed E-state index contributed by atoms with van der Waals surface area (Å²) in [5, 5.41) is 10.5. The van der Waals surface area contributed by atoms with Gasteiger partial charge in [0.2, 0.25) is 0 Å². The van der Waals surface area contributed by atoms with Crippen molar-refractivity contribution in [1.82, 2.24) is 49.4 Å². The Bertz CT molecular complexity index is 6560. The SMILES string of the molecule is Clc1ccc(-c2nc(-c3ccccc3)nc(-c3ccc(-c4ccccc4)cc3)n2)cn1.c1ccc(-c2ccc(-c3nc(-c4ccccc4)nc(-c4ccc(-n5c6cc(-c7ccccc7)ccc6c6c7ccccc7ccc65)nc4)n3)cc2)cc1.c1ccc(-c2ccc3c(c2)[nH]c2ccc4ccccc4c23)cc1. The second-order valence-electron chi connectivity index (χ2n) is 26.1. The summed E-state index contributed by atoms with van der Waals surface area (Å²) in [6.07, 6.45) is 3.55. The average molecular weight is 1390 g/mol. The van der Waals surface area contributed by atoms with Gasteiger partial charge >= 0.3 is 0 Å². The van der Waals surface area contributed by atoms with Gasteiger partial charge in [0.15, 0.2) is 34.9 Å². The van der Waals surface area contributed by atoms with Gasteiger partial charge in [0, 0.05) is 78.4 Å². The predicted molar refractivity (Wildman–Crippen MR) is 440 cm³/mol. The molecule has 0 atom stereocenters. The zero-order valence-corrected chi connectivity index (χ0v) is 58.5. The lowest BCUT2D eigenvalue weighted by Crippen LogP contribution is -2.01. The summed E-state index contributed by atoms with van der Waals surface area (Å²) in [6, 6.07) is 125. The van der Waals surface area contributed by atoms with Gasteiger partial charge in [-0.3, -0.25) is 4.57 Å². The van der Waals surface area contributed by atoms with Crippen LogP contribution in [0.15, 0.2) is 376 Å². The molecule has 0 saturated heterocycles. The first-order valence-corrected chi connectivity index (χ1v) is 35.8. The predicted octanol–water partition coefficient (Wildman–Crippen LogP) is 24.6. The molecule has 10 nitrogen and oxygen atoms in total. The van der Waals surface area contributed by atoms with Crippen LogP contribution in [0.1, 0.15) is 0 Å². The first-order chi connectivity index (χ1) is 52.9. The third kappa shape index (κ3) is 13.3. The number of pyridine rings is 2. The van der Waals surface area contributed by atoms with Crippen LogP contribution in [-0.4, -0.2) is 49.4 Å². The summed E-state index contributed by atoms with van der Waals surface area (Å²) in [6.45, 7) is 0. The molecule has 0 unspecified atom stereocenters. The second kappa shape index (κ2) is 28.9. The molecule has 0 saturated carbocycles. The van der Waals surface area contributed by atoms with E-state index in [0.29, 0.717) is 40.1 Å². The quantitative estimate of drug-likeness (QED) is 0.127. The highest BCUT2D eigenvalue weighted by atomic mass is 35.5. The Labute approximate surface area is 622 Å². The van der Waals surface area contributed by atoms with Crippen molar-refractivity contribution in [3.8, 4) is 119 Å². The summed E-state index contributed by atoms with van der Waals surface area (Å²) >= 11 is 5.95. The lowest BCUT2D eigenvalue weighted by atomic mass is 10.0. The smallest absolute Gasteiger partial charge is 0.165 e. The van der Waals surface area contributed by atoms with Gasteiger partial charge < -0.3 is 4.98 Å². The largest absolute Gasteiger partial charge is 0.354 e. The molecule has 6 aromatic heterocycles. The molecular weight excluding hydrogens is 1330 g/mol. The van der Waals surface area contributed by atoms with Gasteiger partial charge in [-0.1, -0.05) is 327 Å². The van der Waals surface area contributed by atoms with Gasteiger partial charge in [0.05, 0.1) is 11.0 Å². The number of rotatable bonds is 11. The fourth-order valence-corrected chi connectivity index (χ4v) is 14.2. The third-order valence-corrected chi connectivity index (χ3v) is 19.6. The van der Waals surface area contributed by atoms with E-state index in [-0.39, 0.29) is 0 Å². The Morgan fingerprint density at radius 1 is 0.224 bits per heavy atom. The summed E-state index contributed by atoms with van der Waals surface area (Å²) < 4.78 is 2.27. The summed E-state index contributed by atoms with van der Waals surface area (Å²) in [7, 11) is 0. The molecule has 504 valence electrons. The van der Waals surface area contributed by atoms with Crippen molar-refractivity contribution in [2.75, 3.05) is 0 Å². The number of nitrogens with one attached hydrogen (secondary N) is 1. The van der Waals surface area contributed by atoms with Crippen LogP contribution in [-0.2, 0) is 0 Å². The fraction of sp³-hybridized carbons (Fsp3) is 0. The van der Waals surface area contributed by atoms with Crippen LogP contribution in [0.4, 0.5) is 0 Å². The van der Waals surface area contributed by atoms with Crippen LogP contribution in [0.25, 0.3) is 184 Å². The van der Waals surface area contributed by atoms with Crippen LogP contribution in [0, 0.1) is 0 Å². The van der Waals surface area contributed by atoms with E-state index in [0.717, 1.165) is 66.9 Å². The van der Waals surface area contributed by atoms with E-state index in [1.807, 2.05) is 109 Å². The minimum atomic E-state index is 0.429. The number of nitrogens with zero attached hydrogens (tertiary/aromatic N) is 9. The van der Waals surface area contributed by atoms with Gasteiger partial charge in [-0.2, -0.15) is 0 Å². The Morgan fingerprint density at radius 3 is 1.03 bits per heavy atom. The van der Waals surface area contributed by atoms with Crippen LogP contribution < -0.4 is 0 Å². The van der Waals surface area contributed by atoms with Gasteiger partial charge in [-0.25, -0.2) is 39.9 Å². The summed E-state index contributed by atoms with van der Waals surface area (Å²) in [5.74, 6) is 4.40. The average Bonchev–Trinajstić information content (AvgIpc) is 1.58. The van der Waals surface area contributed by atoms with E-state index in [1.54, 1.807) is 12.3 Å². The molecule has 0 fully saturated rings. The summed E-state index contributed by atoms with van der Waals surface area (Å²) in [4.78, 5) is 41.9. The van der Waals surface area contributed by atoms with Gasteiger partial charge in [-0.15, -0.1) is 0 Å². The molecule has 107 heavy (non-hydrogen) atoms. The molecule has 14 aromatic carbocycles. The maximum Gasteiger partial charge on any atom is 0.165 e. The van der Waals surface area contributed by atoms with E-state index in [9.17, 15) is 0 Å². The highest BCUT2D eigenvalue weighted by Crippen LogP contribution is 2.40. The van der Waals surface area contributed by atoms with Crippen molar-refractivity contribution >= 4 is 76.8 Å². The lowest BCUT2D eigenvalue weighted by molar-refractivity contribution is 1.05. The Balaban J connectivity index is 0.000000126. The molecule has 0 amide bonds. The maximum absolute atomic E-state index is 5.95. The number of H-pyrrole nitrogens is 1. The first kappa shape index (κ1) is 64.9. The van der Waals surface area contributed by atoms with E-state index < -0.39 is 0 Å². The monoisotopic (exact) mass is 1390 g/mol. The van der Waals surface area contributed by atoms with E-state index in [2.05, 4.69) is 274 Å². The zero-order chi connectivity index (χ0) is 71.4. The number of hydrogen-bond acceptors (Lipinski definition) is 8. The van der Waals surface area contributed by atoms with Crippen LogP contribution >= 0.6 is 11.6 Å². The van der Waals surface area contributed by atoms with Crippen molar-refractivity contribution in [2.45, 2.75) is 0 Å². The molecule has 0 aliphatic heterocycles. The summed E-state index contributed by atoms with van der Waals surface area (Å²) in [5.41, 5.74) is 19.3. The standard InChI is InChI=1S/C48H31N5.C26H17ClN4.C22H15N/c1-4-12-32(13-5-1)34-20-22-37(23-21-34)47-50-46(36-17-8-3-9-18-36)51-48(52-47)39-26-29-44(49-31-39)53-42-28-25-35-16-10-11-19-40(35)45(42)41-27-24-38(30-43(41)53)33-14-6-2-7-15-33;27-23-16-15-22(17-28-23)26-30-24(20-9-5-2-6-10-20)29-25(31-26)21-13-11-19(12-14-21)18-7-3-1-4-8-18;1-2-6-15(7-3-1)17-10-12-19-21(14-17)23-20-13-11-16-8-4-5-9-18(16)22(19)20/h1-31H;1-17H;1-14,23H. The molecule has 6 heterocycles. The minimum Gasteiger partial charge on any atom is -0.354 e. The van der Waals surface area contributed by atoms with E-state index >= 15 is 0 Å². The second-order valence-corrected chi connectivity index (χ2v) is 26.5. The number of aromatic nitrogens is 10. The molecule has 0 aliphatic carbocycles. The highest BCUT2D eigenvalue weighted by molar-refractivity contribution is 6.29.